The highest BCUT2D eigenvalue weighted by atomic mass is 35.5. The summed E-state index contributed by atoms with van der Waals surface area (Å²) in [5.41, 5.74) is 6.35. The largest absolute Gasteiger partial charge is 0.467 e. The Labute approximate surface area is 116 Å². The second kappa shape index (κ2) is 5.80. The molecule has 100 valence electrons. The van der Waals surface area contributed by atoms with Crippen molar-refractivity contribution >= 4 is 23.2 Å². The van der Waals surface area contributed by atoms with Crippen LogP contribution in [0.25, 0.3) is 0 Å². The summed E-state index contributed by atoms with van der Waals surface area (Å²) >= 11 is 6.01. The number of nitrogens with two attached hydrogens (primary N) is 1. The highest BCUT2D eigenvalue weighted by molar-refractivity contribution is 6.34. The number of hydrogen-bond donors (Lipinski definition) is 2. The van der Waals surface area contributed by atoms with Gasteiger partial charge in [-0.05, 0) is 36.8 Å². The topological polar surface area (TPSA) is 68.3 Å². The van der Waals surface area contributed by atoms with Crippen molar-refractivity contribution in [2.45, 2.75) is 19.4 Å². The SMILES string of the molecule is CCC(Nc1ccc(C(N)=O)c(Cl)c1)c1ccco1. The summed E-state index contributed by atoms with van der Waals surface area (Å²) in [7, 11) is 0. The number of halogens is 1. The molecule has 0 radical (unpaired) electrons. The number of nitrogens with one attached hydrogen (secondary N) is 1. The van der Waals surface area contributed by atoms with Crippen LogP contribution in [0.5, 0.6) is 0 Å². The second-order valence-electron chi connectivity index (χ2n) is 4.18. The Morgan fingerprint density at radius 3 is 2.79 bits per heavy atom. The molecule has 19 heavy (non-hydrogen) atoms. The summed E-state index contributed by atoms with van der Waals surface area (Å²) in [5.74, 6) is 0.326. The van der Waals surface area contributed by atoms with Gasteiger partial charge >= 0.3 is 0 Å². The van der Waals surface area contributed by atoms with E-state index in [0.29, 0.717) is 10.6 Å². The Hall–Kier alpha value is -1.94. The summed E-state index contributed by atoms with van der Waals surface area (Å²) in [6, 6.07) is 8.90. The van der Waals surface area contributed by atoms with E-state index in [9.17, 15) is 4.79 Å². The maximum absolute atomic E-state index is 11.1. The molecule has 0 aliphatic rings. The molecule has 1 unspecified atom stereocenters. The summed E-state index contributed by atoms with van der Waals surface area (Å²) in [6.45, 7) is 2.06. The molecule has 4 nitrogen and oxygen atoms in total. The number of furan rings is 1. The number of carbonyl (C=O) groups is 1. The van der Waals surface area contributed by atoms with Crippen molar-refractivity contribution in [3.05, 3.63) is 52.9 Å². The van der Waals surface area contributed by atoms with Crippen molar-refractivity contribution in [1.82, 2.24) is 0 Å². The minimum Gasteiger partial charge on any atom is -0.467 e. The van der Waals surface area contributed by atoms with Crippen LogP contribution < -0.4 is 11.1 Å². The molecular weight excluding hydrogens is 264 g/mol. The van der Waals surface area contributed by atoms with Gasteiger partial charge in [0.25, 0.3) is 0 Å². The summed E-state index contributed by atoms with van der Waals surface area (Å²) in [5, 5.41) is 3.65. The molecular formula is C14H15ClN2O2. The summed E-state index contributed by atoms with van der Waals surface area (Å²) in [6.07, 6.45) is 2.51. The number of amides is 1. The number of anilines is 1. The van der Waals surface area contributed by atoms with Gasteiger partial charge in [-0.2, -0.15) is 0 Å². The quantitative estimate of drug-likeness (QED) is 0.878. The highest BCUT2D eigenvalue weighted by Gasteiger charge is 2.13. The van der Waals surface area contributed by atoms with E-state index in [1.165, 1.54) is 0 Å². The fraction of sp³-hybridized carbons (Fsp3) is 0.214. The molecule has 5 heteroatoms. The molecule has 2 rings (SSSR count). The lowest BCUT2D eigenvalue weighted by Crippen LogP contribution is -2.12. The monoisotopic (exact) mass is 278 g/mol. The van der Waals surface area contributed by atoms with Gasteiger partial charge in [0, 0.05) is 5.69 Å². The summed E-state index contributed by atoms with van der Waals surface area (Å²) < 4.78 is 5.38. The first-order valence-electron chi connectivity index (χ1n) is 6.01. The van der Waals surface area contributed by atoms with Crippen LogP contribution in [0.4, 0.5) is 5.69 Å². The molecule has 1 atom stereocenters. The molecule has 2 aromatic rings. The standard InChI is InChI=1S/C14H15ClN2O2/c1-2-12(13-4-3-7-19-13)17-9-5-6-10(14(16)18)11(15)8-9/h3-8,12,17H,2H2,1H3,(H2,16,18). The van der Waals surface area contributed by atoms with Crippen LogP contribution in [-0.4, -0.2) is 5.91 Å². The number of rotatable bonds is 5. The Kier molecular flexibility index (Phi) is 4.12. The third-order valence-corrected chi connectivity index (χ3v) is 3.18. The van der Waals surface area contributed by atoms with E-state index in [4.69, 9.17) is 21.8 Å². The maximum Gasteiger partial charge on any atom is 0.250 e. The van der Waals surface area contributed by atoms with E-state index in [1.54, 1.807) is 24.5 Å². The van der Waals surface area contributed by atoms with Crippen LogP contribution in [0.3, 0.4) is 0 Å². The second-order valence-corrected chi connectivity index (χ2v) is 4.59. The first-order valence-corrected chi connectivity index (χ1v) is 6.39. The minimum absolute atomic E-state index is 0.0606. The fourth-order valence-electron chi connectivity index (χ4n) is 1.87. The van der Waals surface area contributed by atoms with Gasteiger partial charge < -0.3 is 15.5 Å². The highest BCUT2D eigenvalue weighted by Crippen LogP contribution is 2.26. The van der Waals surface area contributed by atoms with E-state index in [0.717, 1.165) is 17.9 Å². The third-order valence-electron chi connectivity index (χ3n) is 2.87. The molecule has 0 spiro atoms. The third kappa shape index (κ3) is 3.09. The molecule has 0 fully saturated rings. The smallest absolute Gasteiger partial charge is 0.250 e. The number of carbonyl (C=O) groups excluding carboxylic acids is 1. The van der Waals surface area contributed by atoms with E-state index in [2.05, 4.69) is 12.2 Å². The molecule has 0 aliphatic heterocycles. The molecule has 3 N–H and O–H groups in total. The zero-order valence-electron chi connectivity index (χ0n) is 10.5. The van der Waals surface area contributed by atoms with Crippen molar-refractivity contribution in [2.75, 3.05) is 5.32 Å². The number of hydrogen-bond acceptors (Lipinski definition) is 3. The van der Waals surface area contributed by atoms with Crippen molar-refractivity contribution < 1.29 is 9.21 Å². The van der Waals surface area contributed by atoms with Crippen LogP contribution in [0.1, 0.15) is 35.5 Å². The average molecular weight is 279 g/mol. The molecule has 1 heterocycles. The Morgan fingerprint density at radius 1 is 1.47 bits per heavy atom. The van der Waals surface area contributed by atoms with Crippen LogP contribution in [0.15, 0.2) is 41.0 Å². The van der Waals surface area contributed by atoms with Gasteiger partial charge in [-0.15, -0.1) is 0 Å². The molecule has 1 aromatic carbocycles. The molecule has 1 amide bonds. The van der Waals surface area contributed by atoms with E-state index in [-0.39, 0.29) is 6.04 Å². The van der Waals surface area contributed by atoms with Crippen LogP contribution in [-0.2, 0) is 0 Å². The first-order chi connectivity index (χ1) is 9.11. The molecule has 0 saturated heterocycles. The normalized spacial score (nSPS) is 12.1. The molecule has 0 bridgehead atoms. The molecule has 1 aromatic heterocycles. The predicted octanol–water partition coefficient (Wildman–Crippen LogP) is 3.60. The Balaban J connectivity index is 2.19. The van der Waals surface area contributed by atoms with Gasteiger partial charge in [-0.25, -0.2) is 0 Å². The van der Waals surface area contributed by atoms with Crippen molar-refractivity contribution in [3.8, 4) is 0 Å². The minimum atomic E-state index is -0.533. The number of benzene rings is 1. The lowest BCUT2D eigenvalue weighted by atomic mass is 10.1. The number of primary amides is 1. The van der Waals surface area contributed by atoms with Gasteiger partial charge in [-0.1, -0.05) is 18.5 Å². The van der Waals surface area contributed by atoms with E-state index in [1.807, 2.05) is 12.1 Å². The van der Waals surface area contributed by atoms with Gasteiger partial charge in [-0.3, -0.25) is 4.79 Å². The summed E-state index contributed by atoms with van der Waals surface area (Å²) in [4.78, 5) is 11.1. The van der Waals surface area contributed by atoms with E-state index >= 15 is 0 Å². The van der Waals surface area contributed by atoms with E-state index < -0.39 is 5.91 Å². The fourth-order valence-corrected chi connectivity index (χ4v) is 2.14. The van der Waals surface area contributed by atoms with Crippen LogP contribution >= 0.6 is 11.6 Å². The molecule has 0 saturated carbocycles. The van der Waals surface area contributed by atoms with Crippen molar-refractivity contribution in [1.29, 1.82) is 0 Å². The van der Waals surface area contributed by atoms with Gasteiger partial charge in [0.1, 0.15) is 5.76 Å². The lowest BCUT2D eigenvalue weighted by Gasteiger charge is -2.16. The molecule has 0 aliphatic carbocycles. The van der Waals surface area contributed by atoms with Crippen LogP contribution in [0.2, 0.25) is 5.02 Å². The van der Waals surface area contributed by atoms with Gasteiger partial charge in [0.05, 0.1) is 22.9 Å². The van der Waals surface area contributed by atoms with Crippen LogP contribution in [0, 0.1) is 0 Å². The van der Waals surface area contributed by atoms with Gasteiger partial charge in [0.15, 0.2) is 0 Å². The van der Waals surface area contributed by atoms with Crippen molar-refractivity contribution in [2.24, 2.45) is 5.73 Å². The lowest BCUT2D eigenvalue weighted by molar-refractivity contribution is 0.100. The predicted molar refractivity (Wildman–Crippen MR) is 75.3 cm³/mol. The zero-order valence-corrected chi connectivity index (χ0v) is 11.3. The maximum atomic E-state index is 11.1. The Bertz CT molecular complexity index is 567. The average Bonchev–Trinajstić information content (AvgIpc) is 2.89. The van der Waals surface area contributed by atoms with Crippen molar-refractivity contribution in [3.63, 3.8) is 0 Å². The zero-order chi connectivity index (χ0) is 13.8. The Morgan fingerprint density at radius 2 is 2.26 bits per heavy atom. The first kappa shape index (κ1) is 13.5. The van der Waals surface area contributed by atoms with Gasteiger partial charge in [0.2, 0.25) is 5.91 Å².